The van der Waals surface area contributed by atoms with E-state index in [0.717, 1.165) is 25.7 Å². The minimum Gasteiger partial charge on any atom is -0.353 e. The van der Waals surface area contributed by atoms with Crippen LogP contribution in [0.4, 0.5) is 0 Å². The highest BCUT2D eigenvalue weighted by molar-refractivity contribution is 5.79. The highest BCUT2D eigenvalue weighted by atomic mass is 16.2. The maximum Gasteiger partial charge on any atom is 0.328 e. The van der Waals surface area contributed by atoms with E-state index in [1.807, 2.05) is 0 Å². The van der Waals surface area contributed by atoms with Crippen molar-refractivity contribution in [3.8, 4) is 0 Å². The number of nitrogens with one attached hydrogen (secondary N) is 2. The van der Waals surface area contributed by atoms with Crippen LogP contribution in [0.1, 0.15) is 44.9 Å². The summed E-state index contributed by atoms with van der Waals surface area (Å²) in [5.41, 5.74) is -0.302. The quantitative estimate of drug-likeness (QED) is 0.841. The molecule has 0 bridgehead atoms. The van der Waals surface area contributed by atoms with E-state index in [1.54, 1.807) is 24.3 Å². The Hall–Kier alpha value is -2.37. The molecule has 1 heterocycles. The predicted molar refractivity (Wildman–Crippen MR) is 93.1 cm³/mol. The number of carbonyl (C=O) groups excluding carboxylic acids is 1. The molecule has 3 rings (SSSR count). The number of hydrogen-bond donors (Lipinski definition) is 2. The van der Waals surface area contributed by atoms with Gasteiger partial charge in [-0.3, -0.25) is 19.1 Å². The monoisotopic (exact) mass is 329 g/mol. The molecule has 1 aliphatic rings. The summed E-state index contributed by atoms with van der Waals surface area (Å²) < 4.78 is 1.46. The van der Waals surface area contributed by atoms with Gasteiger partial charge in [0.25, 0.3) is 5.56 Å². The molecule has 0 radical (unpaired) electrons. The van der Waals surface area contributed by atoms with Gasteiger partial charge in [0.05, 0.1) is 10.9 Å². The first-order chi connectivity index (χ1) is 11.6. The van der Waals surface area contributed by atoms with Gasteiger partial charge < -0.3 is 5.32 Å². The van der Waals surface area contributed by atoms with Crippen molar-refractivity contribution in [2.24, 2.45) is 0 Å². The van der Waals surface area contributed by atoms with E-state index in [1.165, 1.54) is 17.4 Å². The number of fused-ring (bicyclic) bond motifs is 1. The number of aromatic nitrogens is 2. The molecule has 0 saturated heterocycles. The van der Waals surface area contributed by atoms with Crippen LogP contribution in [0.25, 0.3) is 10.9 Å². The van der Waals surface area contributed by atoms with Gasteiger partial charge in [-0.05, 0) is 25.0 Å². The molecule has 6 nitrogen and oxygen atoms in total. The van der Waals surface area contributed by atoms with Crippen LogP contribution in [0.5, 0.6) is 0 Å². The molecule has 1 aromatic carbocycles. The molecule has 24 heavy (non-hydrogen) atoms. The van der Waals surface area contributed by atoms with E-state index < -0.39 is 11.2 Å². The van der Waals surface area contributed by atoms with Crippen molar-refractivity contribution < 1.29 is 4.79 Å². The van der Waals surface area contributed by atoms with E-state index in [0.29, 0.717) is 10.9 Å². The molecular formula is C18H23N3O3. The van der Waals surface area contributed by atoms with Crippen LogP contribution >= 0.6 is 0 Å². The highest BCUT2D eigenvalue weighted by Gasteiger charge is 2.15. The summed E-state index contributed by atoms with van der Waals surface area (Å²) in [6, 6.07) is 7.20. The third-order valence-corrected chi connectivity index (χ3v) is 4.69. The number of nitrogens with zero attached hydrogens (tertiary/aromatic N) is 1. The molecule has 0 aliphatic heterocycles. The van der Waals surface area contributed by atoms with Crippen LogP contribution in [0.15, 0.2) is 33.9 Å². The molecular weight excluding hydrogens is 306 g/mol. The Bertz CT molecular complexity index is 829. The summed E-state index contributed by atoms with van der Waals surface area (Å²) in [5, 5.41) is 3.54. The van der Waals surface area contributed by atoms with Crippen molar-refractivity contribution in [3.63, 3.8) is 0 Å². The largest absolute Gasteiger partial charge is 0.353 e. The molecule has 128 valence electrons. The van der Waals surface area contributed by atoms with Crippen LogP contribution in [-0.4, -0.2) is 21.5 Å². The number of para-hydroxylation sites is 1. The Labute approximate surface area is 139 Å². The van der Waals surface area contributed by atoms with Crippen molar-refractivity contribution in [3.05, 3.63) is 45.1 Å². The van der Waals surface area contributed by atoms with Crippen molar-refractivity contribution in [2.75, 3.05) is 0 Å². The number of aryl methyl sites for hydroxylation is 1. The normalized spacial score (nSPS) is 16.0. The Morgan fingerprint density at radius 3 is 2.58 bits per heavy atom. The first-order valence-corrected chi connectivity index (χ1v) is 8.66. The SMILES string of the molecule is O=C(CCn1c(=O)[nH]c(=O)c2ccccc21)NC1CCCCCC1. The van der Waals surface area contributed by atoms with E-state index in [2.05, 4.69) is 10.3 Å². The zero-order chi connectivity index (χ0) is 16.9. The van der Waals surface area contributed by atoms with E-state index in [-0.39, 0.29) is 24.9 Å². The molecule has 1 aromatic heterocycles. The van der Waals surface area contributed by atoms with E-state index >= 15 is 0 Å². The summed E-state index contributed by atoms with van der Waals surface area (Å²) >= 11 is 0. The predicted octanol–water partition coefficient (Wildman–Crippen LogP) is 1.92. The van der Waals surface area contributed by atoms with Gasteiger partial charge in [-0.25, -0.2) is 4.79 Å². The lowest BCUT2D eigenvalue weighted by molar-refractivity contribution is -0.122. The summed E-state index contributed by atoms with van der Waals surface area (Å²) in [6.45, 7) is 0.259. The van der Waals surface area contributed by atoms with Gasteiger partial charge in [-0.1, -0.05) is 37.8 Å². The standard InChI is InChI=1S/C18H23N3O3/c22-16(19-13-7-3-1-2-4-8-13)11-12-21-15-10-6-5-9-14(15)17(23)20-18(21)24/h5-6,9-10,13H,1-4,7-8,11-12H2,(H,19,22)(H,20,23,24). The average Bonchev–Trinajstić information content (AvgIpc) is 2.83. The molecule has 1 amide bonds. The van der Waals surface area contributed by atoms with Crippen LogP contribution in [0.3, 0.4) is 0 Å². The van der Waals surface area contributed by atoms with Crippen LogP contribution < -0.4 is 16.6 Å². The van der Waals surface area contributed by atoms with Crippen molar-refractivity contribution in [1.82, 2.24) is 14.9 Å². The zero-order valence-corrected chi connectivity index (χ0v) is 13.7. The number of H-pyrrole nitrogens is 1. The Balaban J connectivity index is 1.70. The number of benzene rings is 1. The summed E-state index contributed by atoms with van der Waals surface area (Å²) in [5.74, 6) is -0.0379. The van der Waals surface area contributed by atoms with Gasteiger partial charge >= 0.3 is 5.69 Å². The minimum absolute atomic E-state index is 0.0379. The maximum atomic E-state index is 12.2. The van der Waals surface area contributed by atoms with Gasteiger partial charge in [0.2, 0.25) is 5.91 Å². The van der Waals surface area contributed by atoms with Gasteiger partial charge in [-0.15, -0.1) is 0 Å². The molecule has 1 fully saturated rings. The number of rotatable bonds is 4. The van der Waals surface area contributed by atoms with E-state index in [9.17, 15) is 14.4 Å². The molecule has 2 N–H and O–H groups in total. The van der Waals surface area contributed by atoms with Crippen LogP contribution in [0.2, 0.25) is 0 Å². The lowest BCUT2D eigenvalue weighted by Gasteiger charge is -2.16. The van der Waals surface area contributed by atoms with Crippen molar-refractivity contribution in [1.29, 1.82) is 0 Å². The lowest BCUT2D eigenvalue weighted by atomic mass is 10.1. The maximum absolute atomic E-state index is 12.2. The zero-order valence-electron chi connectivity index (χ0n) is 13.7. The molecule has 6 heteroatoms. The first kappa shape index (κ1) is 16.5. The molecule has 0 atom stereocenters. The fraction of sp³-hybridized carbons (Fsp3) is 0.500. The van der Waals surface area contributed by atoms with E-state index in [4.69, 9.17) is 0 Å². The summed E-state index contributed by atoms with van der Waals surface area (Å²) in [6.07, 6.45) is 7.10. The summed E-state index contributed by atoms with van der Waals surface area (Å²) in [7, 11) is 0. The lowest BCUT2D eigenvalue weighted by Crippen LogP contribution is -2.36. The molecule has 2 aromatic rings. The third kappa shape index (κ3) is 3.75. The molecule has 1 saturated carbocycles. The molecule has 0 spiro atoms. The molecule has 1 aliphatic carbocycles. The second-order valence-corrected chi connectivity index (χ2v) is 6.43. The second kappa shape index (κ2) is 7.47. The minimum atomic E-state index is -0.471. The Kier molecular flexibility index (Phi) is 5.13. The average molecular weight is 329 g/mol. The topological polar surface area (TPSA) is 84.0 Å². The summed E-state index contributed by atoms with van der Waals surface area (Å²) in [4.78, 5) is 38.4. The van der Waals surface area contributed by atoms with Crippen LogP contribution in [0, 0.1) is 0 Å². The number of hydrogen-bond acceptors (Lipinski definition) is 3. The highest BCUT2D eigenvalue weighted by Crippen LogP contribution is 2.17. The van der Waals surface area contributed by atoms with Gasteiger partial charge in [-0.2, -0.15) is 0 Å². The number of aromatic amines is 1. The molecule has 0 unspecified atom stereocenters. The van der Waals surface area contributed by atoms with Crippen molar-refractivity contribution >= 4 is 16.8 Å². The smallest absolute Gasteiger partial charge is 0.328 e. The number of carbonyl (C=O) groups is 1. The third-order valence-electron chi connectivity index (χ3n) is 4.69. The number of amides is 1. The van der Waals surface area contributed by atoms with Crippen molar-refractivity contribution in [2.45, 2.75) is 57.5 Å². The Morgan fingerprint density at radius 2 is 1.83 bits per heavy atom. The van der Waals surface area contributed by atoms with Gasteiger partial charge in [0.15, 0.2) is 0 Å². The van der Waals surface area contributed by atoms with Gasteiger partial charge in [0, 0.05) is 19.0 Å². The Morgan fingerprint density at radius 1 is 1.12 bits per heavy atom. The fourth-order valence-corrected chi connectivity index (χ4v) is 3.40. The first-order valence-electron chi connectivity index (χ1n) is 8.66. The van der Waals surface area contributed by atoms with Crippen LogP contribution in [-0.2, 0) is 11.3 Å². The van der Waals surface area contributed by atoms with Gasteiger partial charge in [0.1, 0.15) is 0 Å². The second-order valence-electron chi connectivity index (χ2n) is 6.43. The fourth-order valence-electron chi connectivity index (χ4n) is 3.40.